The highest BCUT2D eigenvalue weighted by atomic mass is 79.9. The van der Waals surface area contributed by atoms with Crippen LogP contribution >= 0.6 is 31.9 Å². The number of nitrogens with one attached hydrogen (secondary N) is 1. The van der Waals surface area contributed by atoms with E-state index >= 15 is 0 Å². The van der Waals surface area contributed by atoms with Gasteiger partial charge in [0.15, 0.2) is 11.5 Å². The molecule has 1 saturated carbocycles. The molecule has 0 aliphatic heterocycles. The van der Waals surface area contributed by atoms with Crippen LogP contribution in [0.5, 0.6) is 11.5 Å². The molecule has 2 heterocycles. The van der Waals surface area contributed by atoms with Gasteiger partial charge in [-0.05, 0) is 75.7 Å². The molecule has 3 aromatic rings. The van der Waals surface area contributed by atoms with Crippen LogP contribution in [-0.2, 0) is 0 Å². The number of methoxy groups -OCH3 is 1. The van der Waals surface area contributed by atoms with Crippen LogP contribution in [0, 0.1) is 0 Å². The molecule has 0 amide bonds. The molecule has 1 aliphatic carbocycles. The maximum Gasteiger partial charge on any atom is 0.187 e. The Morgan fingerprint density at radius 1 is 1.07 bits per heavy atom. The molecule has 0 bridgehead atoms. The van der Waals surface area contributed by atoms with Crippen molar-refractivity contribution in [1.29, 1.82) is 0 Å². The van der Waals surface area contributed by atoms with Crippen LogP contribution in [0.2, 0.25) is 0 Å². The van der Waals surface area contributed by atoms with Gasteiger partial charge in [-0.15, -0.1) is 0 Å². The lowest BCUT2D eigenvalue weighted by atomic mass is 10.1. The van der Waals surface area contributed by atoms with E-state index in [1.54, 1.807) is 25.7 Å². The zero-order chi connectivity index (χ0) is 18.8. The highest BCUT2D eigenvalue weighted by molar-refractivity contribution is 9.11. The monoisotopic (exact) mass is 491 g/mol. The topological polar surface area (TPSA) is 56.3 Å². The van der Waals surface area contributed by atoms with Crippen molar-refractivity contribution in [2.24, 2.45) is 0 Å². The number of aromatic nitrogens is 2. The normalized spacial score (nSPS) is 14.5. The Hall–Kier alpha value is -1.86. The van der Waals surface area contributed by atoms with Crippen molar-refractivity contribution < 1.29 is 9.47 Å². The third-order valence-corrected chi connectivity index (χ3v) is 5.95. The first-order valence-corrected chi connectivity index (χ1v) is 10.4. The SMILES string of the molecule is COc1ccc2c(Nc3c(Br)cncc3Br)ccnc2c1OC1CCCC1. The van der Waals surface area contributed by atoms with Crippen LogP contribution in [0.25, 0.3) is 10.9 Å². The number of hydrogen-bond donors (Lipinski definition) is 1. The number of fused-ring (bicyclic) bond motifs is 1. The van der Waals surface area contributed by atoms with Gasteiger partial charge in [0.2, 0.25) is 0 Å². The van der Waals surface area contributed by atoms with Crippen LogP contribution in [0.15, 0.2) is 45.7 Å². The zero-order valence-corrected chi connectivity index (χ0v) is 18.0. The first-order chi connectivity index (χ1) is 13.2. The fraction of sp³-hybridized carbons (Fsp3) is 0.300. The molecule has 5 nitrogen and oxygen atoms in total. The van der Waals surface area contributed by atoms with Gasteiger partial charge in [0.25, 0.3) is 0 Å². The van der Waals surface area contributed by atoms with Crippen LogP contribution in [0.4, 0.5) is 11.4 Å². The van der Waals surface area contributed by atoms with Crippen molar-refractivity contribution in [3.63, 3.8) is 0 Å². The molecule has 0 saturated heterocycles. The highest BCUT2D eigenvalue weighted by Crippen LogP contribution is 2.41. The number of hydrogen-bond acceptors (Lipinski definition) is 5. The van der Waals surface area contributed by atoms with Gasteiger partial charge in [-0.25, -0.2) is 0 Å². The molecular formula is C20H19Br2N3O2. The number of ether oxygens (including phenoxy) is 2. The van der Waals surface area contributed by atoms with Gasteiger partial charge in [0.05, 0.1) is 27.8 Å². The molecule has 27 heavy (non-hydrogen) atoms. The van der Waals surface area contributed by atoms with Crippen LogP contribution in [-0.4, -0.2) is 23.2 Å². The molecule has 7 heteroatoms. The van der Waals surface area contributed by atoms with Crippen molar-refractivity contribution in [1.82, 2.24) is 9.97 Å². The first-order valence-electron chi connectivity index (χ1n) is 8.85. The van der Waals surface area contributed by atoms with Gasteiger partial charge >= 0.3 is 0 Å². The maximum absolute atomic E-state index is 6.32. The second kappa shape index (κ2) is 8.02. The van der Waals surface area contributed by atoms with Crippen molar-refractivity contribution >= 4 is 54.1 Å². The standard InChI is InChI=1S/C20H19Br2N3O2/c1-26-17-7-6-13-16(25-19-14(21)10-23-11-15(19)22)8-9-24-18(13)20(17)27-12-4-2-3-5-12/h6-12H,2-5H2,1H3,(H,23,24,25). The first kappa shape index (κ1) is 18.5. The summed E-state index contributed by atoms with van der Waals surface area (Å²) in [6, 6.07) is 5.90. The van der Waals surface area contributed by atoms with Crippen LogP contribution in [0.3, 0.4) is 0 Å². The van der Waals surface area contributed by atoms with E-state index < -0.39 is 0 Å². The van der Waals surface area contributed by atoms with E-state index in [-0.39, 0.29) is 6.10 Å². The Morgan fingerprint density at radius 3 is 2.52 bits per heavy atom. The van der Waals surface area contributed by atoms with Crippen molar-refractivity contribution in [2.45, 2.75) is 31.8 Å². The molecule has 0 radical (unpaired) electrons. The van der Waals surface area contributed by atoms with Crippen molar-refractivity contribution in [3.8, 4) is 11.5 Å². The minimum absolute atomic E-state index is 0.228. The molecule has 0 spiro atoms. The van der Waals surface area contributed by atoms with Crippen LogP contribution in [0.1, 0.15) is 25.7 Å². The lowest BCUT2D eigenvalue weighted by Crippen LogP contribution is -2.12. The Bertz CT molecular complexity index is 955. The van der Waals surface area contributed by atoms with E-state index in [9.17, 15) is 0 Å². The van der Waals surface area contributed by atoms with Crippen LogP contribution < -0.4 is 14.8 Å². The quantitative estimate of drug-likeness (QED) is 0.457. The number of rotatable bonds is 5. The van der Waals surface area contributed by atoms with E-state index in [1.165, 1.54) is 12.8 Å². The Morgan fingerprint density at radius 2 is 1.81 bits per heavy atom. The third kappa shape index (κ3) is 3.75. The summed E-state index contributed by atoms with van der Waals surface area (Å²) in [5.74, 6) is 1.43. The molecule has 0 unspecified atom stereocenters. The lowest BCUT2D eigenvalue weighted by Gasteiger charge is -2.19. The Balaban J connectivity index is 1.79. The molecular weight excluding hydrogens is 474 g/mol. The van der Waals surface area contributed by atoms with E-state index in [4.69, 9.17) is 9.47 Å². The minimum Gasteiger partial charge on any atom is -0.493 e. The van der Waals surface area contributed by atoms with Crippen molar-refractivity contribution in [3.05, 3.63) is 45.7 Å². The summed E-state index contributed by atoms with van der Waals surface area (Å²) >= 11 is 7.10. The van der Waals surface area contributed by atoms with Gasteiger partial charge in [-0.2, -0.15) is 0 Å². The summed E-state index contributed by atoms with van der Waals surface area (Å²) in [5, 5.41) is 4.45. The van der Waals surface area contributed by atoms with Gasteiger partial charge in [-0.3, -0.25) is 9.97 Å². The van der Waals surface area contributed by atoms with E-state index in [1.807, 2.05) is 18.2 Å². The number of benzene rings is 1. The lowest BCUT2D eigenvalue weighted by molar-refractivity contribution is 0.203. The smallest absolute Gasteiger partial charge is 0.187 e. The number of halogens is 2. The van der Waals surface area contributed by atoms with E-state index in [2.05, 4.69) is 47.1 Å². The fourth-order valence-electron chi connectivity index (χ4n) is 3.40. The van der Waals surface area contributed by atoms with E-state index in [0.29, 0.717) is 5.75 Å². The fourth-order valence-corrected chi connectivity index (χ4v) is 4.52. The number of nitrogens with zero attached hydrogens (tertiary/aromatic N) is 2. The largest absolute Gasteiger partial charge is 0.493 e. The predicted molar refractivity (Wildman–Crippen MR) is 114 cm³/mol. The third-order valence-electron chi connectivity index (χ3n) is 4.75. The average molecular weight is 493 g/mol. The van der Waals surface area contributed by atoms with Crippen molar-refractivity contribution in [2.75, 3.05) is 12.4 Å². The molecule has 1 N–H and O–H groups in total. The Labute approximate surface area is 174 Å². The number of pyridine rings is 2. The van der Waals surface area contributed by atoms with Gasteiger partial charge in [-0.1, -0.05) is 0 Å². The summed E-state index contributed by atoms with van der Waals surface area (Å²) in [6.45, 7) is 0. The molecule has 140 valence electrons. The maximum atomic E-state index is 6.32. The molecule has 4 rings (SSSR count). The second-order valence-electron chi connectivity index (χ2n) is 6.48. The molecule has 1 aromatic carbocycles. The second-order valence-corrected chi connectivity index (χ2v) is 8.19. The average Bonchev–Trinajstić information content (AvgIpc) is 3.18. The molecule has 1 fully saturated rings. The van der Waals surface area contributed by atoms with Gasteiger partial charge in [0.1, 0.15) is 5.52 Å². The summed E-state index contributed by atoms with van der Waals surface area (Å²) in [5.41, 5.74) is 2.64. The predicted octanol–water partition coefficient (Wildman–Crippen LogP) is 6.23. The van der Waals surface area contributed by atoms with Gasteiger partial charge in [0, 0.05) is 29.7 Å². The molecule has 2 aromatic heterocycles. The summed E-state index contributed by atoms with van der Waals surface area (Å²) in [6.07, 6.45) is 10.1. The Kier molecular flexibility index (Phi) is 5.50. The number of anilines is 2. The summed E-state index contributed by atoms with van der Waals surface area (Å²) in [4.78, 5) is 8.76. The highest BCUT2D eigenvalue weighted by Gasteiger charge is 2.21. The molecule has 1 aliphatic rings. The summed E-state index contributed by atoms with van der Waals surface area (Å²) < 4.78 is 13.6. The minimum atomic E-state index is 0.228. The molecule has 0 atom stereocenters. The van der Waals surface area contributed by atoms with Gasteiger partial charge < -0.3 is 14.8 Å². The summed E-state index contributed by atoms with van der Waals surface area (Å²) in [7, 11) is 1.66. The van der Waals surface area contributed by atoms with E-state index in [0.717, 1.165) is 49.8 Å². The zero-order valence-electron chi connectivity index (χ0n) is 14.8.